The summed E-state index contributed by atoms with van der Waals surface area (Å²) in [6, 6.07) is 10.1. The molecule has 0 saturated carbocycles. The van der Waals surface area contributed by atoms with Gasteiger partial charge in [0.2, 0.25) is 5.82 Å². The Morgan fingerprint density at radius 2 is 1.55 bits per heavy atom. The van der Waals surface area contributed by atoms with Crippen LogP contribution in [0.3, 0.4) is 0 Å². The van der Waals surface area contributed by atoms with Crippen molar-refractivity contribution in [1.29, 1.82) is 0 Å². The summed E-state index contributed by atoms with van der Waals surface area (Å²) < 4.78 is 13.6. The molecule has 0 amide bonds. The predicted octanol–water partition coefficient (Wildman–Crippen LogP) is 3.79. The molecule has 8 heteroatoms. The number of hydrogen-bond donors (Lipinski definition) is 0. The minimum absolute atomic E-state index is 0.0179. The molecule has 2 aromatic carbocycles. The lowest BCUT2D eigenvalue weighted by molar-refractivity contribution is -0.397. The van der Waals surface area contributed by atoms with Crippen LogP contribution in [0.5, 0.6) is 0 Å². The molecule has 0 fully saturated rings. The topological polar surface area (TPSA) is 86.3 Å². The van der Waals surface area contributed by atoms with Crippen LogP contribution in [0.15, 0.2) is 52.3 Å². The molecule has 6 nitrogen and oxygen atoms in total. The lowest BCUT2D eigenvalue weighted by Crippen LogP contribution is -1.97. The predicted molar refractivity (Wildman–Crippen MR) is 70.3 cm³/mol. The molecular weight excluding hydrogens is 287 g/mol. The van der Waals surface area contributed by atoms with Gasteiger partial charge >= 0.3 is 5.69 Å². The van der Waals surface area contributed by atoms with E-state index < -0.39 is 27.0 Å². The van der Waals surface area contributed by atoms with Crippen molar-refractivity contribution in [2.45, 2.75) is 9.79 Å². The summed E-state index contributed by atoms with van der Waals surface area (Å²) in [4.78, 5) is 20.5. The van der Waals surface area contributed by atoms with Crippen LogP contribution in [0, 0.1) is 26.0 Å². The van der Waals surface area contributed by atoms with Crippen LogP contribution < -0.4 is 0 Å². The van der Waals surface area contributed by atoms with Gasteiger partial charge in [-0.2, -0.15) is 4.39 Å². The highest BCUT2D eigenvalue weighted by atomic mass is 32.2. The number of nitro benzene ring substituents is 2. The normalized spacial score (nSPS) is 10.2. The Bertz CT molecular complexity index is 679. The van der Waals surface area contributed by atoms with Crippen molar-refractivity contribution in [3.63, 3.8) is 0 Å². The summed E-state index contributed by atoms with van der Waals surface area (Å²) in [5.74, 6) is -1.10. The van der Waals surface area contributed by atoms with Gasteiger partial charge in [-0.1, -0.05) is 30.0 Å². The lowest BCUT2D eigenvalue weighted by Gasteiger charge is -2.03. The first-order valence-electron chi connectivity index (χ1n) is 5.34. The molecule has 2 rings (SSSR count). The minimum Gasteiger partial charge on any atom is -0.258 e. The van der Waals surface area contributed by atoms with Crippen molar-refractivity contribution in [2.24, 2.45) is 0 Å². The first-order valence-corrected chi connectivity index (χ1v) is 6.16. The van der Waals surface area contributed by atoms with Gasteiger partial charge < -0.3 is 0 Å². The van der Waals surface area contributed by atoms with E-state index in [1.165, 1.54) is 0 Å². The Kier molecular flexibility index (Phi) is 3.94. The van der Waals surface area contributed by atoms with E-state index in [0.717, 1.165) is 17.8 Å². The van der Waals surface area contributed by atoms with E-state index in [0.29, 0.717) is 11.0 Å². The van der Waals surface area contributed by atoms with Crippen LogP contribution in [0.2, 0.25) is 0 Å². The van der Waals surface area contributed by atoms with Crippen molar-refractivity contribution in [3.8, 4) is 0 Å². The maximum atomic E-state index is 13.6. The van der Waals surface area contributed by atoms with Gasteiger partial charge in [-0.15, -0.1) is 0 Å². The summed E-state index contributed by atoms with van der Waals surface area (Å²) >= 11 is 0.973. The molecule has 0 atom stereocenters. The van der Waals surface area contributed by atoms with Gasteiger partial charge in [0.1, 0.15) is 0 Å². The molecule has 0 aliphatic carbocycles. The summed E-state index contributed by atoms with van der Waals surface area (Å²) in [6.07, 6.45) is 0. The van der Waals surface area contributed by atoms with E-state index >= 15 is 0 Å². The molecule has 0 radical (unpaired) electrons. The van der Waals surface area contributed by atoms with E-state index in [4.69, 9.17) is 0 Å². The molecule has 20 heavy (non-hydrogen) atoms. The number of halogens is 1. The second kappa shape index (κ2) is 5.66. The molecule has 0 aliphatic rings. The highest BCUT2D eigenvalue weighted by molar-refractivity contribution is 7.99. The van der Waals surface area contributed by atoms with E-state index in [-0.39, 0.29) is 4.90 Å². The zero-order chi connectivity index (χ0) is 14.7. The van der Waals surface area contributed by atoms with E-state index in [9.17, 15) is 24.6 Å². The Balaban J connectivity index is 2.49. The number of nitrogens with zero attached hydrogens (tertiary/aromatic N) is 2. The molecule has 2 aromatic rings. The third kappa shape index (κ3) is 2.91. The average Bonchev–Trinajstić information content (AvgIpc) is 2.39. The Labute approximate surface area is 116 Å². The first kappa shape index (κ1) is 13.9. The number of benzene rings is 2. The van der Waals surface area contributed by atoms with Crippen LogP contribution in [0.1, 0.15) is 0 Å². The minimum atomic E-state index is -1.10. The SMILES string of the molecule is O=[N+]([O-])c1cc([N+](=O)[O-])c(Sc2ccccc2)cc1F. The quantitative estimate of drug-likeness (QED) is 0.632. The molecule has 0 unspecified atom stereocenters. The summed E-state index contributed by atoms with van der Waals surface area (Å²) in [5.41, 5.74) is -1.40. The standard InChI is InChI=1S/C12H7FN2O4S/c13-9-6-12(20-8-4-2-1-3-5-8)11(15(18)19)7-10(9)14(16)17/h1-7H. The monoisotopic (exact) mass is 294 g/mol. The van der Waals surface area contributed by atoms with E-state index in [1.54, 1.807) is 30.3 Å². The maximum absolute atomic E-state index is 13.6. The van der Waals surface area contributed by atoms with Gasteiger partial charge in [-0.3, -0.25) is 20.2 Å². The second-order valence-electron chi connectivity index (χ2n) is 3.70. The fourth-order valence-corrected chi connectivity index (χ4v) is 2.46. The van der Waals surface area contributed by atoms with Crippen LogP contribution in [-0.2, 0) is 0 Å². The van der Waals surface area contributed by atoms with Crippen LogP contribution >= 0.6 is 11.8 Å². The number of hydrogen-bond acceptors (Lipinski definition) is 5. The molecule has 0 heterocycles. The summed E-state index contributed by atoms with van der Waals surface area (Å²) in [7, 11) is 0. The van der Waals surface area contributed by atoms with Gasteiger partial charge in [0.15, 0.2) is 0 Å². The number of nitro groups is 2. The smallest absolute Gasteiger partial charge is 0.258 e. The van der Waals surface area contributed by atoms with Gasteiger partial charge in [0.25, 0.3) is 5.69 Å². The summed E-state index contributed by atoms with van der Waals surface area (Å²) in [5, 5.41) is 21.5. The van der Waals surface area contributed by atoms with Gasteiger partial charge in [-0.25, -0.2) is 0 Å². The van der Waals surface area contributed by atoms with Crippen LogP contribution in [-0.4, -0.2) is 9.85 Å². The second-order valence-corrected chi connectivity index (χ2v) is 4.82. The van der Waals surface area contributed by atoms with E-state index in [1.807, 2.05) is 0 Å². The largest absolute Gasteiger partial charge is 0.311 e. The molecule has 0 N–H and O–H groups in total. The van der Waals surface area contributed by atoms with Crippen molar-refractivity contribution in [2.75, 3.05) is 0 Å². The first-order chi connectivity index (χ1) is 9.49. The molecule has 102 valence electrons. The highest BCUT2D eigenvalue weighted by Gasteiger charge is 2.25. The van der Waals surface area contributed by atoms with E-state index in [2.05, 4.69) is 0 Å². The Morgan fingerprint density at radius 1 is 0.950 bits per heavy atom. The Hall–Kier alpha value is -2.48. The van der Waals surface area contributed by atoms with Crippen molar-refractivity contribution in [1.82, 2.24) is 0 Å². The molecule has 0 aromatic heterocycles. The van der Waals surface area contributed by atoms with Crippen LogP contribution in [0.4, 0.5) is 15.8 Å². The fraction of sp³-hybridized carbons (Fsp3) is 0. The van der Waals surface area contributed by atoms with Crippen molar-refractivity contribution >= 4 is 23.1 Å². The molecule has 0 spiro atoms. The third-order valence-electron chi connectivity index (χ3n) is 2.39. The molecule has 0 aliphatic heterocycles. The third-order valence-corrected chi connectivity index (χ3v) is 3.45. The zero-order valence-corrected chi connectivity index (χ0v) is 10.7. The summed E-state index contributed by atoms with van der Waals surface area (Å²) in [6.45, 7) is 0. The number of rotatable bonds is 4. The fourth-order valence-electron chi connectivity index (χ4n) is 1.51. The Morgan fingerprint density at radius 3 is 2.10 bits per heavy atom. The molecule has 0 saturated heterocycles. The van der Waals surface area contributed by atoms with Gasteiger partial charge in [-0.05, 0) is 12.1 Å². The van der Waals surface area contributed by atoms with Gasteiger partial charge in [0.05, 0.1) is 20.8 Å². The average molecular weight is 294 g/mol. The molecular formula is C12H7FN2O4S. The van der Waals surface area contributed by atoms with Crippen molar-refractivity contribution < 1.29 is 14.2 Å². The maximum Gasteiger partial charge on any atom is 0.311 e. The highest BCUT2D eigenvalue weighted by Crippen LogP contribution is 2.38. The van der Waals surface area contributed by atoms with Crippen LogP contribution in [0.25, 0.3) is 0 Å². The van der Waals surface area contributed by atoms with Crippen molar-refractivity contribution in [3.05, 3.63) is 68.5 Å². The van der Waals surface area contributed by atoms with Gasteiger partial charge in [0, 0.05) is 11.0 Å². The zero-order valence-electron chi connectivity index (χ0n) is 9.86. The molecule has 0 bridgehead atoms. The lowest BCUT2D eigenvalue weighted by atomic mass is 10.2.